The van der Waals surface area contributed by atoms with E-state index in [2.05, 4.69) is 0 Å². The molecule has 0 atom stereocenters. The molecule has 0 unspecified atom stereocenters. The van der Waals surface area contributed by atoms with Crippen LogP contribution in [0.25, 0.3) is 0 Å². The van der Waals surface area contributed by atoms with E-state index in [0.29, 0.717) is 0 Å². The Bertz CT molecular complexity index is 527. The lowest BCUT2D eigenvalue weighted by molar-refractivity contribution is 0.141. The van der Waals surface area contributed by atoms with E-state index in [1.165, 1.54) is 0 Å². The molecule has 2 rings (SSSR count). The molecule has 0 fully saturated rings. The lowest BCUT2D eigenvalue weighted by Crippen LogP contribution is -2.26. The molecule has 0 N–H and O–H groups in total. The van der Waals surface area contributed by atoms with Crippen LogP contribution >= 0.6 is 7.37 Å². The molecule has 0 aliphatic heterocycles. The SMILES string of the molecule is CC(C)(C)OP(=O)(c1ccccc1)c1ccccc1. The Morgan fingerprint density at radius 3 is 1.47 bits per heavy atom. The van der Waals surface area contributed by atoms with E-state index in [1.807, 2.05) is 81.4 Å². The molecule has 2 nitrogen and oxygen atoms in total. The van der Waals surface area contributed by atoms with Gasteiger partial charge in [-0.05, 0) is 45.0 Å². The smallest absolute Gasteiger partial charge is 0.261 e. The van der Waals surface area contributed by atoms with Crippen LogP contribution in [-0.2, 0) is 9.09 Å². The van der Waals surface area contributed by atoms with Crippen LogP contribution in [0.4, 0.5) is 0 Å². The first-order valence-electron chi connectivity index (χ1n) is 6.34. The fraction of sp³-hybridized carbons (Fsp3) is 0.250. The zero-order chi connectivity index (χ0) is 13.9. The van der Waals surface area contributed by atoms with Crippen molar-refractivity contribution in [1.29, 1.82) is 0 Å². The minimum absolute atomic E-state index is 0.471. The summed E-state index contributed by atoms with van der Waals surface area (Å²) in [6, 6.07) is 18.8. The maximum absolute atomic E-state index is 13.4. The Hall–Kier alpha value is -1.37. The van der Waals surface area contributed by atoms with Gasteiger partial charge < -0.3 is 4.52 Å². The number of benzene rings is 2. The summed E-state index contributed by atoms with van der Waals surface area (Å²) in [7, 11) is -3.05. The number of hydrogen-bond acceptors (Lipinski definition) is 2. The third kappa shape index (κ3) is 3.34. The summed E-state index contributed by atoms with van der Waals surface area (Å²) >= 11 is 0. The van der Waals surface area contributed by atoms with Crippen molar-refractivity contribution in [3.05, 3.63) is 60.7 Å². The Morgan fingerprint density at radius 1 is 0.789 bits per heavy atom. The molecular weight excluding hydrogens is 255 g/mol. The summed E-state index contributed by atoms with van der Waals surface area (Å²) in [6.07, 6.45) is 0. The van der Waals surface area contributed by atoms with E-state index in [-0.39, 0.29) is 0 Å². The first-order valence-corrected chi connectivity index (χ1v) is 7.96. The largest absolute Gasteiger partial charge is 0.316 e. The predicted octanol–water partition coefficient (Wildman–Crippen LogP) is 3.73. The van der Waals surface area contributed by atoms with Crippen molar-refractivity contribution >= 4 is 18.0 Å². The summed E-state index contributed by atoms with van der Waals surface area (Å²) in [4.78, 5) is 0. The van der Waals surface area contributed by atoms with Crippen molar-refractivity contribution in [1.82, 2.24) is 0 Å². The van der Waals surface area contributed by atoms with Gasteiger partial charge in [0.05, 0.1) is 5.60 Å². The summed E-state index contributed by atoms with van der Waals surface area (Å²) in [5, 5.41) is 1.47. The van der Waals surface area contributed by atoms with Gasteiger partial charge in [-0.1, -0.05) is 36.4 Å². The van der Waals surface area contributed by atoms with E-state index >= 15 is 0 Å². The van der Waals surface area contributed by atoms with Crippen molar-refractivity contribution in [2.75, 3.05) is 0 Å². The third-order valence-electron chi connectivity index (χ3n) is 2.59. The van der Waals surface area contributed by atoms with Gasteiger partial charge in [0.25, 0.3) is 7.37 Å². The lowest BCUT2D eigenvalue weighted by atomic mass is 10.2. The van der Waals surface area contributed by atoms with Crippen LogP contribution in [0.1, 0.15) is 20.8 Å². The average molecular weight is 274 g/mol. The van der Waals surface area contributed by atoms with Gasteiger partial charge in [0.2, 0.25) is 0 Å². The second kappa shape index (κ2) is 5.32. The minimum Gasteiger partial charge on any atom is -0.316 e. The van der Waals surface area contributed by atoms with Gasteiger partial charge >= 0.3 is 0 Å². The van der Waals surface area contributed by atoms with Crippen LogP contribution in [0.2, 0.25) is 0 Å². The fourth-order valence-corrected chi connectivity index (χ4v) is 4.30. The van der Waals surface area contributed by atoms with Gasteiger partial charge in [0.15, 0.2) is 0 Å². The highest BCUT2D eigenvalue weighted by Gasteiger charge is 2.33. The average Bonchev–Trinajstić information content (AvgIpc) is 2.39. The van der Waals surface area contributed by atoms with E-state index < -0.39 is 13.0 Å². The quantitative estimate of drug-likeness (QED) is 0.797. The number of hydrogen-bond donors (Lipinski definition) is 0. The Labute approximate surface area is 114 Å². The lowest BCUT2D eigenvalue weighted by Gasteiger charge is -2.28. The van der Waals surface area contributed by atoms with Gasteiger partial charge in [0, 0.05) is 10.6 Å². The first kappa shape index (κ1) is 14.0. The van der Waals surface area contributed by atoms with E-state index in [9.17, 15) is 4.57 Å². The van der Waals surface area contributed by atoms with E-state index in [0.717, 1.165) is 10.6 Å². The van der Waals surface area contributed by atoms with Crippen LogP contribution in [0, 0.1) is 0 Å². The zero-order valence-electron chi connectivity index (χ0n) is 11.5. The Morgan fingerprint density at radius 2 is 1.16 bits per heavy atom. The van der Waals surface area contributed by atoms with Crippen molar-refractivity contribution in [3.8, 4) is 0 Å². The third-order valence-corrected chi connectivity index (χ3v) is 5.36. The monoisotopic (exact) mass is 274 g/mol. The summed E-state index contributed by atoms with van der Waals surface area (Å²) in [6.45, 7) is 5.77. The van der Waals surface area contributed by atoms with Crippen molar-refractivity contribution in [2.24, 2.45) is 0 Å². The maximum Gasteiger partial charge on any atom is 0.261 e. The molecule has 2 aromatic carbocycles. The van der Waals surface area contributed by atoms with Crippen molar-refractivity contribution in [3.63, 3.8) is 0 Å². The van der Waals surface area contributed by atoms with Crippen LogP contribution in [0.15, 0.2) is 60.7 Å². The van der Waals surface area contributed by atoms with Crippen LogP contribution in [0.5, 0.6) is 0 Å². The molecule has 0 heterocycles. The van der Waals surface area contributed by atoms with E-state index in [1.54, 1.807) is 0 Å². The first-order chi connectivity index (χ1) is 8.92. The minimum atomic E-state index is -3.05. The molecule has 3 heteroatoms. The second-order valence-corrected chi connectivity index (χ2v) is 7.74. The summed E-state index contributed by atoms with van der Waals surface area (Å²) in [5.41, 5.74) is -0.471. The molecule has 0 saturated carbocycles. The van der Waals surface area contributed by atoms with Gasteiger partial charge in [-0.15, -0.1) is 0 Å². The Balaban J connectivity index is 2.55. The number of rotatable bonds is 3. The molecule has 19 heavy (non-hydrogen) atoms. The molecule has 2 aromatic rings. The molecule has 0 aliphatic carbocycles. The highest BCUT2D eigenvalue weighted by Crippen LogP contribution is 2.48. The normalized spacial score (nSPS) is 12.4. The maximum atomic E-state index is 13.4. The van der Waals surface area contributed by atoms with E-state index in [4.69, 9.17) is 4.52 Å². The highest BCUT2D eigenvalue weighted by molar-refractivity contribution is 7.74. The van der Waals surface area contributed by atoms with Crippen LogP contribution < -0.4 is 10.6 Å². The van der Waals surface area contributed by atoms with Gasteiger partial charge in [-0.25, -0.2) is 0 Å². The molecular formula is C16H19O2P. The summed E-state index contributed by atoms with van der Waals surface area (Å²) in [5.74, 6) is 0. The molecule has 0 radical (unpaired) electrons. The molecule has 0 spiro atoms. The zero-order valence-corrected chi connectivity index (χ0v) is 12.4. The predicted molar refractivity (Wildman–Crippen MR) is 80.6 cm³/mol. The van der Waals surface area contributed by atoms with Gasteiger partial charge in [-0.2, -0.15) is 0 Å². The van der Waals surface area contributed by atoms with Gasteiger partial charge in [-0.3, -0.25) is 4.57 Å². The molecule has 0 aromatic heterocycles. The standard InChI is InChI=1S/C16H19O2P/c1-16(2,3)18-19(17,14-10-6-4-7-11-14)15-12-8-5-9-13-15/h4-13H,1-3H3. The second-order valence-electron chi connectivity index (χ2n) is 5.43. The Kier molecular flexibility index (Phi) is 3.93. The molecule has 0 bridgehead atoms. The molecule has 0 amide bonds. The summed E-state index contributed by atoms with van der Waals surface area (Å²) < 4.78 is 19.4. The van der Waals surface area contributed by atoms with Crippen LogP contribution in [0.3, 0.4) is 0 Å². The highest BCUT2D eigenvalue weighted by atomic mass is 31.2. The van der Waals surface area contributed by atoms with Crippen LogP contribution in [-0.4, -0.2) is 5.60 Å². The van der Waals surface area contributed by atoms with Gasteiger partial charge in [0.1, 0.15) is 0 Å². The fourth-order valence-electron chi connectivity index (χ4n) is 1.89. The molecule has 0 saturated heterocycles. The molecule has 0 aliphatic rings. The van der Waals surface area contributed by atoms with Crippen molar-refractivity contribution in [2.45, 2.75) is 26.4 Å². The van der Waals surface area contributed by atoms with Crippen molar-refractivity contribution < 1.29 is 9.09 Å². The molecule has 100 valence electrons. The topological polar surface area (TPSA) is 26.3 Å².